The average molecular weight is 293 g/mol. The minimum atomic E-state index is -0.572. The van der Waals surface area contributed by atoms with Crippen LogP contribution in [0.15, 0.2) is 30.4 Å². The van der Waals surface area contributed by atoms with E-state index in [4.69, 9.17) is 11.6 Å². The number of urea groups is 1. The Bertz CT molecular complexity index is 645. The van der Waals surface area contributed by atoms with Crippen LogP contribution >= 0.6 is 11.6 Å². The number of halogens is 2. The first-order valence-corrected chi connectivity index (χ1v) is 6.75. The fourth-order valence-electron chi connectivity index (χ4n) is 3.33. The molecule has 2 fully saturated rings. The van der Waals surface area contributed by atoms with E-state index in [1.54, 1.807) is 4.90 Å². The highest BCUT2D eigenvalue weighted by atomic mass is 35.5. The van der Waals surface area contributed by atoms with Gasteiger partial charge in [0.2, 0.25) is 0 Å². The Morgan fingerprint density at radius 2 is 2.05 bits per heavy atom. The lowest BCUT2D eigenvalue weighted by molar-refractivity contribution is -0.119. The van der Waals surface area contributed by atoms with E-state index in [1.807, 2.05) is 12.2 Å². The second kappa shape index (κ2) is 3.82. The van der Waals surface area contributed by atoms with Crippen LogP contribution in [0.1, 0.15) is 6.42 Å². The molecule has 0 aromatic heterocycles. The molecule has 6 heteroatoms. The number of hydrogen-bond donors (Lipinski definition) is 0. The summed E-state index contributed by atoms with van der Waals surface area (Å²) in [5, 5.41) is -0.101. The Morgan fingerprint density at radius 1 is 1.25 bits per heavy atom. The maximum atomic E-state index is 13.2. The van der Waals surface area contributed by atoms with Crippen LogP contribution in [0.25, 0.3) is 0 Å². The van der Waals surface area contributed by atoms with Gasteiger partial charge in [-0.2, -0.15) is 0 Å². The van der Waals surface area contributed by atoms with Gasteiger partial charge in [-0.1, -0.05) is 23.8 Å². The third kappa shape index (κ3) is 1.36. The second-order valence-electron chi connectivity index (χ2n) is 5.26. The molecule has 3 unspecified atom stereocenters. The number of carbonyl (C=O) groups excluding carboxylic acids is 2. The summed E-state index contributed by atoms with van der Waals surface area (Å²) in [7, 11) is 0. The quantitative estimate of drug-likeness (QED) is 0.589. The molecule has 4 rings (SSSR count). The van der Waals surface area contributed by atoms with E-state index in [9.17, 15) is 14.0 Å². The minimum Gasteiger partial charge on any atom is -0.305 e. The van der Waals surface area contributed by atoms with Gasteiger partial charge in [-0.15, -0.1) is 0 Å². The Hall–Kier alpha value is -1.88. The van der Waals surface area contributed by atoms with Crippen molar-refractivity contribution in [1.29, 1.82) is 0 Å². The van der Waals surface area contributed by atoms with Gasteiger partial charge in [0.05, 0.1) is 16.8 Å². The molecule has 20 heavy (non-hydrogen) atoms. The highest BCUT2D eigenvalue weighted by Crippen LogP contribution is 2.43. The van der Waals surface area contributed by atoms with Gasteiger partial charge in [-0.3, -0.25) is 4.79 Å². The van der Waals surface area contributed by atoms with Crippen molar-refractivity contribution in [3.8, 4) is 0 Å². The molecule has 1 aliphatic carbocycles. The second-order valence-corrected chi connectivity index (χ2v) is 5.67. The normalized spacial score (nSPS) is 30.6. The number of carbonyl (C=O) groups is 2. The van der Waals surface area contributed by atoms with Crippen molar-refractivity contribution in [3.05, 3.63) is 41.2 Å². The molecule has 102 valence electrons. The van der Waals surface area contributed by atoms with E-state index in [-0.39, 0.29) is 28.9 Å². The zero-order valence-electron chi connectivity index (χ0n) is 10.3. The molecular weight excluding hydrogens is 283 g/mol. The molecule has 2 saturated heterocycles. The lowest BCUT2D eigenvalue weighted by Crippen LogP contribution is -2.38. The van der Waals surface area contributed by atoms with E-state index in [2.05, 4.69) is 0 Å². The third-order valence-corrected chi connectivity index (χ3v) is 4.49. The summed E-state index contributed by atoms with van der Waals surface area (Å²) in [4.78, 5) is 27.6. The molecule has 3 aliphatic rings. The number of hydrogen-bond acceptors (Lipinski definition) is 2. The van der Waals surface area contributed by atoms with Crippen molar-refractivity contribution in [1.82, 2.24) is 4.90 Å². The van der Waals surface area contributed by atoms with Gasteiger partial charge < -0.3 is 4.90 Å². The molecule has 2 bridgehead atoms. The van der Waals surface area contributed by atoms with Crippen molar-refractivity contribution in [2.45, 2.75) is 18.5 Å². The maximum Gasteiger partial charge on any atom is 0.332 e. The average Bonchev–Trinajstić information content (AvgIpc) is 3.08. The van der Waals surface area contributed by atoms with Crippen LogP contribution in [0, 0.1) is 11.7 Å². The largest absolute Gasteiger partial charge is 0.332 e. The van der Waals surface area contributed by atoms with Gasteiger partial charge in [-0.05, 0) is 24.6 Å². The van der Waals surface area contributed by atoms with Crippen molar-refractivity contribution < 1.29 is 14.0 Å². The molecule has 1 aromatic rings. The molecule has 2 heterocycles. The van der Waals surface area contributed by atoms with Gasteiger partial charge in [0.1, 0.15) is 11.9 Å². The van der Waals surface area contributed by atoms with E-state index in [0.29, 0.717) is 5.69 Å². The molecular formula is C14H10ClFN2O2. The van der Waals surface area contributed by atoms with E-state index < -0.39 is 11.9 Å². The smallest absolute Gasteiger partial charge is 0.305 e. The Morgan fingerprint density at radius 3 is 2.75 bits per heavy atom. The SMILES string of the molecule is O=C1C2C3C=CC(C3)N2C(=O)N1c1ccc(F)c(Cl)c1. The van der Waals surface area contributed by atoms with Crippen LogP contribution in [0.3, 0.4) is 0 Å². The zero-order valence-corrected chi connectivity index (χ0v) is 11.0. The van der Waals surface area contributed by atoms with Crippen molar-refractivity contribution in [3.63, 3.8) is 0 Å². The van der Waals surface area contributed by atoms with Crippen molar-refractivity contribution >= 4 is 29.2 Å². The standard InChI is InChI=1S/C14H10ClFN2O2/c15-10-6-9(3-4-11(10)16)18-13(19)12-7-1-2-8(5-7)17(12)14(18)20/h1-4,6-8,12H,5H2. The van der Waals surface area contributed by atoms with E-state index in [1.165, 1.54) is 12.1 Å². The molecule has 4 nitrogen and oxygen atoms in total. The lowest BCUT2D eigenvalue weighted by atomic mass is 10.0. The van der Waals surface area contributed by atoms with Crippen LogP contribution < -0.4 is 4.90 Å². The number of fused-ring (bicyclic) bond motifs is 5. The Balaban J connectivity index is 1.76. The third-order valence-electron chi connectivity index (χ3n) is 4.20. The number of amides is 3. The van der Waals surface area contributed by atoms with Crippen LogP contribution in [-0.4, -0.2) is 28.9 Å². The summed E-state index contributed by atoms with van der Waals surface area (Å²) >= 11 is 5.73. The minimum absolute atomic E-state index is 0.00219. The maximum absolute atomic E-state index is 13.2. The first kappa shape index (κ1) is 11.9. The summed E-state index contributed by atoms with van der Waals surface area (Å²) in [6.45, 7) is 0. The summed E-state index contributed by atoms with van der Waals surface area (Å²) in [5.41, 5.74) is 0.320. The molecule has 3 atom stereocenters. The number of rotatable bonds is 1. The molecule has 0 N–H and O–H groups in total. The number of anilines is 1. The summed E-state index contributed by atoms with van der Waals surface area (Å²) in [5.74, 6) is -0.733. The monoisotopic (exact) mass is 292 g/mol. The van der Waals surface area contributed by atoms with Crippen LogP contribution in [-0.2, 0) is 4.79 Å². The van der Waals surface area contributed by atoms with Gasteiger partial charge >= 0.3 is 6.03 Å². The summed E-state index contributed by atoms with van der Waals surface area (Å²) in [6, 6.07) is 3.11. The number of nitrogens with zero attached hydrogens (tertiary/aromatic N) is 2. The molecule has 0 spiro atoms. The first-order valence-electron chi connectivity index (χ1n) is 6.37. The van der Waals surface area contributed by atoms with Gasteiger partial charge in [-0.25, -0.2) is 14.1 Å². The zero-order chi connectivity index (χ0) is 14.0. The number of benzene rings is 1. The molecule has 3 amide bonds. The first-order chi connectivity index (χ1) is 9.58. The predicted octanol–water partition coefficient (Wildman–Crippen LogP) is 2.57. The highest BCUT2D eigenvalue weighted by molar-refractivity contribution is 6.31. The summed E-state index contributed by atoms with van der Waals surface area (Å²) in [6.07, 6.45) is 4.78. The van der Waals surface area contributed by atoms with Crippen molar-refractivity contribution in [2.75, 3.05) is 4.90 Å². The number of imide groups is 1. The fraction of sp³-hybridized carbons (Fsp3) is 0.286. The van der Waals surface area contributed by atoms with E-state index in [0.717, 1.165) is 17.4 Å². The van der Waals surface area contributed by atoms with Gasteiger partial charge in [0, 0.05) is 5.92 Å². The molecule has 0 radical (unpaired) electrons. The van der Waals surface area contributed by atoms with Gasteiger partial charge in [0.15, 0.2) is 0 Å². The van der Waals surface area contributed by atoms with Crippen LogP contribution in [0.2, 0.25) is 5.02 Å². The highest BCUT2D eigenvalue weighted by Gasteiger charge is 2.57. The molecule has 2 aliphatic heterocycles. The lowest BCUT2D eigenvalue weighted by Gasteiger charge is -2.22. The molecule has 1 aromatic carbocycles. The summed E-state index contributed by atoms with van der Waals surface area (Å²) < 4.78 is 13.2. The predicted molar refractivity (Wildman–Crippen MR) is 71.0 cm³/mol. The van der Waals surface area contributed by atoms with Crippen molar-refractivity contribution in [2.24, 2.45) is 5.92 Å². The Labute approximate surface area is 119 Å². The van der Waals surface area contributed by atoms with Gasteiger partial charge in [0.25, 0.3) is 5.91 Å². The topological polar surface area (TPSA) is 40.6 Å². The fourth-order valence-corrected chi connectivity index (χ4v) is 3.50. The molecule has 0 saturated carbocycles. The van der Waals surface area contributed by atoms with E-state index >= 15 is 0 Å². The van der Waals surface area contributed by atoms with Crippen LogP contribution in [0.5, 0.6) is 0 Å². The van der Waals surface area contributed by atoms with Crippen LogP contribution in [0.4, 0.5) is 14.9 Å². The Kier molecular flexibility index (Phi) is 2.27.